The summed E-state index contributed by atoms with van der Waals surface area (Å²) >= 11 is 5.94. The first-order valence-electron chi connectivity index (χ1n) is 9.52. The van der Waals surface area contributed by atoms with Crippen LogP contribution in [0.15, 0.2) is 59.5 Å². The van der Waals surface area contributed by atoms with Crippen molar-refractivity contribution >= 4 is 33.2 Å². The molecule has 0 aliphatic carbocycles. The van der Waals surface area contributed by atoms with Crippen molar-refractivity contribution in [1.82, 2.24) is 0 Å². The summed E-state index contributed by atoms with van der Waals surface area (Å²) in [5.74, 6) is -0.575. The minimum atomic E-state index is -4.18. The quantitative estimate of drug-likeness (QED) is 0.505. The monoisotopic (exact) mass is 441 g/mol. The van der Waals surface area contributed by atoms with E-state index in [1.165, 1.54) is 24.3 Å². The Labute approximate surface area is 183 Å². The largest absolute Gasteiger partial charge is 0.272 e. The molecule has 0 aliphatic heterocycles. The summed E-state index contributed by atoms with van der Waals surface area (Å²) < 4.78 is 28.3. The van der Waals surface area contributed by atoms with Crippen LogP contribution in [0.2, 0.25) is 5.02 Å². The van der Waals surface area contributed by atoms with Gasteiger partial charge in [-0.2, -0.15) is 4.31 Å². The number of hydrogen-bond donors (Lipinski definition) is 0. The summed E-state index contributed by atoms with van der Waals surface area (Å²) in [5, 5.41) is 0.420. The molecule has 0 aromatic heterocycles. The van der Waals surface area contributed by atoms with Crippen molar-refractivity contribution < 1.29 is 13.2 Å². The number of aryl methyl sites for hydroxylation is 5. The van der Waals surface area contributed by atoms with Crippen LogP contribution in [0.5, 0.6) is 0 Å². The third-order valence-electron chi connectivity index (χ3n) is 5.01. The van der Waals surface area contributed by atoms with E-state index in [-0.39, 0.29) is 4.90 Å². The van der Waals surface area contributed by atoms with Crippen LogP contribution in [0.1, 0.15) is 38.2 Å². The van der Waals surface area contributed by atoms with Gasteiger partial charge in [0.25, 0.3) is 15.9 Å². The van der Waals surface area contributed by atoms with E-state index in [1.54, 1.807) is 13.0 Å². The molecule has 30 heavy (non-hydrogen) atoms. The average Bonchev–Trinajstić information content (AvgIpc) is 2.64. The molecule has 0 aliphatic rings. The maximum Gasteiger partial charge on any atom is 0.272 e. The molecule has 0 radical (unpaired) electrons. The molecule has 6 heteroatoms. The van der Waals surface area contributed by atoms with E-state index in [4.69, 9.17) is 11.6 Å². The summed E-state index contributed by atoms with van der Waals surface area (Å²) in [6.45, 7) is 9.25. The van der Waals surface area contributed by atoms with Gasteiger partial charge in [-0.3, -0.25) is 4.79 Å². The molecule has 0 bridgehead atoms. The number of nitrogens with zero attached hydrogens (tertiary/aromatic N) is 1. The van der Waals surface area contributed by atoms with Gasteiger partial charge in [-0.1, -0.05) is 41.4 Å². The molecule has 0 fully saturated rings. The highest BCUT2D eigenvalue weighted by Gasteiger charge is 2.34. The number of anilines is 1. The van der Waals surface area contributed by atoms with E-state index in [2.05, 4.69) is 0 Å². The molecule has 0 N–H and O–H groups in total. The van der Waals surface area contributed by atoms with Crippen LogP contribution in [0, 0.1) is 34.6 Å². The lowest BCUT2D eigenvalue weighted by atomic mass is 9.99. The van der Waals surface area contributed by atoms with Crippen molar-refractivity contribution in [2.75, 3.05) is 4.31 Å². The fourth-order valence-corrected chi connectivity index (χ4v) is 5.20. The van der Waals surface area contributed by atoms with Gasteiger partial charge in [0, 0.05) is 10.6 Å². The van der Waals surface area contributed by atoms with Crippen molar-refractivity contribution in [3.8, 4) is 0 Å². The van der Waals surface area contributed by atoms with E-state index < -0.39 is 15.9 Å². The van der Waals surface area contributed by atoms with Crippen LogP contribution >= 0.6 is 11.6 Å². The van der Waals surface area contributed by atoms with Gasteiger partial charge in [0.1, 0.15) is 0 Å². The van der Waals surface area contributed by atoms with E-state index >= 15 is 0 Å². The number of halogens is 1. The van der Waals surface area contributed by atoms with Crippen LogP contribution in [0.4, 0.5) is 5.69 Å². The fraction of sp³-hybridized carbons (Fsp3) is 0.208. The van der Waals surface area contributed by atoms with Crippen molar-refractivity contribution in [1.29, 1.82) is 0 Å². The van der Waals surface area contributed by atoms with Gasteiger partial charge >= 0.3 is 0 Å². The maximum absolute atomic E-state index is 13.8. The van der Waals surface area contributed by atoms with E-state index in [9.17, 15) is 13.2 Å². The molecule has 0 heterocycles. The van der Waals surface area contributed by atoms with E-state index in [1.807, 2.05) is 52.0 Å². The van der Waals surface area contributed by atoms with Crippen LogP contribution in [-0.2, 0) is 10.0 Å². The topological polar surface area (TPSA) is 54.5 Å². The SMILES string of the molecule is Cc1cc(C)c(C(=O)N(c2cc(C)ccc2C)S(=O)(=O)c2ccc(Cl)cc2)c(C)c1. The number of amides is 1. The molecule has 0 saturated heterocycles. The van der Waals surface area contributed by atoms with Crippen LogP contribution in [0.3, 0.4) is 0 Å². The van der Waals surface area contributed by atoms with Crippen LogP contribution < -0.4 is 4.31 Å². The molecule has 0 atom stereocenters. The highest BCUT2D eigenvalue weighted by atomic mass is 35.5. The van der Waals surface area contributed by atoms with Crippen molar-refractivity contribution in [3.63, 3.8) is 0 Å². The van der Waals surface area contributed by atoms with Gasteiger partial charge in [-0.05, 0) is 87.2 Å². The Morgan fingerprint density at radius 1 is 0.767 bits per heavy atom. The van der Waals surface area contributed by atoms with E-state index in [0.29, 0.717) is 21.8 Å². The molecule has 4 nitrogen and oxygen atoms in total. The lowest BCUT2D eigenvalue weighted by Gasteiger charge is -2.26. The first-order chi connectivity index (χ1) is 14.0. The predicted octanol–water partition coefficient (Wildman–Crippen LogP) is 5.92. The Kier molecular flexibility index (Phi) is 6.06. The number of sulfonamides is 1. The zero-order valence-corrected chi connectivity index (χ0v) is 19.2. The number of rotatable bonds is 4. The number of carbonyl (C=O) groups excluding carboxylic acids is 1. The average molecular weight is 442 g/mol. The van der Waals surface area contributed by atoms with Gasteiger partial charge in [-0.15, -0.1) is 0 Å². The highest BCUT2D eigenvalue weighted by molar-refractivity contribution is 7.93. The summed E-state index contributed by atoms with van der Waals surface area (Å²) in [6, 6.07) is 15.0. The lowest BCUT2D eigenvalue weighted by Crippen LogP contribution is -2.38. The molecule has 156 valence electrons. The third kappa shape index (κ3) is 4.13. The van der Waals surface area contributed by atoms with E-state index in [0.717, 1.165) is 26.6 Å². The first-order valence-corrected chi connectivity index (χ1v) is 11.3. The first kappa shape index (κ1) is 22.1. The molecular formula is C24H24ClNO3S. The Hall–Kier alpha value is -2.63. The zero-order chi connectivity index (χ0) is 22.2. The Bertz CT molecular complexity index is 1210. The van der Waals surface area contributed by atoms with Gasteiger partial charge in [0.15, 0.2) is 0 Å². The van der Waals surface area contributed by atoms with Crippen molar-refractivity contribution in [3.05, 3.63) is 93.0 Å². The zero-order valence-electron chi connectivity index (χ0n) is 17.7. The lowest BCUT2D eigenvalue weighted by molar-refractivity contribution is 0.100. The molecule has 1 amide bonds. The normalized spacial score (nSPS) is 11.4. The minimum absolute atomic E-state index is 0.00331. The summed E-state index contributed by atoms with van der Waals surface area (Å²) in [6.07, 6.45) is 0. The molecule has 0 spiro atoms. The van der Waals surface area contributed by atoms with Gasteiger partial charge < -0.3 is 0 Å². The Morgan fingerprint density at radius 3 is 1.90 bits per heavy atom. The molecule has 3 aromatic rings. The number of carbonyl (C=O) groups is 1. The minimum Gasteiger partial charge on any atom is -0.268 e. The molecule has 3 aromatic carbocycles. The second-order valence-electron chi connectivity index (χ2n) is 7.59. The Morgan fingerprint density at radius 2 is 1.33 bits per heavy atom. The second-order valence-corrected chi connectivity index (χ2v) is 9.82. The summed E-state index contributed by atoms with van der Waals surface area (Å²) in [5.41, 5.74) is 4.76. The molecular weight excluding hydrogens is 418 g/mol. The fourth-order valence-electron chi connectivity index (χ4n) is 3.62. The van der Waals surface area contributed by atoms with Crippen molar-refractivity contribution in [2.45, 2.75) is 39.5 Å². The number of hydrogen-bond acceptors (Lipinski definition) is 3. The van der Waals surface area contributed by atoms with Crippen LogP contribution in [-0.4, -0.2) is 14.3 Å². The molecule has 0 unspecified atom stereocenters. The van der Waals surface area contributed by atoms with Crippen LogP contribution in [0.25, 0.3) is 0 Å². The van der Waals surface area contributed by atoms with Gasteiger partial charge in [-0.25, -0.2) is 8.42 Å². The summed E-state index contributed by atoms with van der Waals surface area (Å²) in [7, 11) is -4.18. The Balaban J connectivity index is 2.30. The third-order valence-corrected chi connectivity index (χ3v) is 6.97. The van der Waals surface area contributed by atoms with Crippen molar-refractivity contribution in [2.24, 2.45) is 0 Å². The molecule has 3 rings (SSSR count). The smallest absolute Gasteiger partial charge is 0.268 e. The maximum atomic E-state index is 13.8. The summed E-state index contributed by atoms with van der Waals surface area (Å²) in [4.78, 5) is 13.8. The highest BCUT2D eigenvalue weighted by Crippen LogP contribution is 2.32. The predicted molar refractivity (Wildman–Crippen MR) is 122 cm³/mol. The van der Waals surface area contributed by atoms with Gasteiger partial charge in [0.05, 0.1) is 10.6 Å². The second kappa shape index (κ2) is 8.25. The van der Waals surface area contributed by atoms with Gasteiger partial charge in [0.2, 0.25) is 0 Å². The molecule has 0 saturated carbocycles. The number of benzene rings is 3. The standard InChI is InChI=1S/C24H24ClNO3S/c1-15-6-7-17(3)22(14-15)26(30(28,29)21-10-8-20(25)9-11-21)24(27)23-18(4)12-16(2)13-19(23)5/h6-14H,1-5H3.